The third-order valence-corrected chi connectivity index (χ3v) is 2.96. The molecule has 1 heterocycles. The third-order valence-electron chi connectivity index (χ3n) is 1.95. The number of imidazole rings is 1. The lowest BCUT2D eigenvalue weighted by Gasteiger charge is -2.07. The van der Waals surface area contributed by atoms with Crippen molar-refractivity contribution in [3.63, 3.8) is 0 Å². The number of aromatic nitrogens is 2. The average molecular weight is 241 g/mol. The Labute approximate surface area is 95.1 Å². The first kappa shape index (κ1) is 10.9. The Bertz CT molecular complexity index is 471. The number of nitrogens with one attached hydrogen (secondary N) is 1. The van der Waals surface area contributed by atoms with E-state index >= 15 is 0 Å². The number of halogens is 2. The fraction of sp³-hybridized carbons (Fsp3) is 0.100. The highest BCUT2D eigenvalue weighted by molar-refractivity contribution is 7.99. The quantitative estimate of drug-likeness (QED) is 0.812. The van der Waals surface area contributed by atoms with Crippen LogP contribution in [0.2, 0.25) is 0 Å². The zero-order valence-electron chi connectivity index (χ0n) is 8.15. The normalized spacial score (nSPS) is 10.9. The zero-order chi connectivity index (χ0) is 11.5. The minimum absolute atomic E-state index is 0.0681. The predicted octanol–water partition coefficient (Wildman–Crippen LogP) is 3.08. The van der Waals surface area contributed by atoms with E-state index in [1.165, 1.54) is 6.07 Å². The van der Waals surface area contributed by atoms with Crippen LogP contribution in [0.3, 0.4) is 0 Å². The van der Waals surface area contributed by atoms with Crippen molar-refractivity contribution in [2.75, 3.05) is 5.73 Å². The van der Waals surface area contributed by atoms with Gasteiger partial charge in [-0.05, 0) is 18.2 Å². The number of H-pyrrole nitrogens is 1. The van der Waals surface area contributed by atoms with E-state index in [1.807, 2.05) is 0 Å². The summed E-state index contributed by atoms with van der Waals surface area (Å²) in [6.07, 6.45) is 0.671. The molecule has 0 amide bonds. The summed E-state index contributed by atoms with van der Waals surface area (Å²) in [5.41, 5.74) is 5.74. The molecule has 0 aliphatic heterocycles. The highest BCUT2D eigenvalue weighted by Gasteiger charge is 2.14. The Morgan fingerprint density at radius 2 is 2.19 bits per heavy atom. The van der Waals surface area contributed by atoms with Crippen molar-refractivity contribution in [3.8, 4) is 0 Å². The second-order valence-electron chi connectivity index (χ2n) is 3.09. The highest BCUT2D eigenvalue weighted by Crippen LogP contribution is 2.34. The standard InChI is InChI=1S/C10H9F2N3S/c11-9(12)7-5-6(13)1-2-8(7)16-10-14-3-4-15-10/h1-5,9H,13H2,(H,14,15). The number of anilines is 1. The highest BCUT2D eigenvalue weighted by atomic mass is 32.2. The molecule has 0 aliphatic rings. The van der Waals surface area contributed by atoms with E-state index < -0.39 is 6.43 Å². The number of nitrogen functional groups attached to an aromatic ring is 1. The van der Waals surface area contributed by atoms with Crippen molar-refractivity contribution in [2.45, 2.75) is 16.5 Å². The third kappa shape index (κ3) is 2.33. The molecule has 0 bridgehead atoms. The molecular weight excluding hydrogens is 232 g/mol. The van der Waals surface area contributed by atoms with Gasteiger partial charge in [0.05, 0.1) is 0 Å². The minimum atomic E-state index is -2.54. The smallest absolute Gasteiger partial charge is 0.265 e. The van der Waals surface area contributed by atoms with E-state index in [0.29, 0.717) is 15.7 Å². The fourth-order valence-electron chi connectivity index (χ4n) is 1.24. The van der Waals surface area contributed by atoms with Gasteiger partial charge in [-0.3, -0.25) is 0 Å². The van der Waals surface area contributed by atoms with Gasteiger partial charge in [-0.25, -0.2) is 13.8 Å². The van der Waals surface area contributed by atoms with Gasteiger partial charge in [0.25, 0.3) is 6.43 Å². The van der Waals surface area contributed by atoms with E-state index in [1.54, 1.807) is 24.5 Å². The van der Waals surface area contributed by atoms with Crippen molar-refractivity contribution in [1.29, 1.82) is 0 Å². The molecule has 1 aromatic heterocycles. The summed E-state index contributed by atoms with van der Waals surface area (Å²) in [4.78, 5) is 7.27. The van der Waals surface area contributed by atoms with E-state index in [2.05, 4.69) is 9.97 Å². The van der Waals surface area contributed by atoms with Gasteiger partial charge < -0.3 is 10.7 Å². The molecule has 0 aliphatic carbocycles. The minimum Gasteiger partial charge on any atom is -0.399 e. The molecule has 1 aromatic carbocycles. The summed E-state index contributed by atoms with van der Waals surface area (Å²) in [5, 5.41) is 0.576. The van der Waals surface area contributed by atoms with Crippen LogP contribution in [0.25, 0.3) is 0 Å². The number of hydrogen-bond acceptors (Lipinski definition) is 3. The molecule has 0 spiro atoms. The first-order valence-electron chi connectivity index (χ1n) is 4.51. The molecule has 2 aromatic rings. The molecular formula is C10H9F2N3S. The number of alkyl halides is 2. The number of benzene rings is 1. The van der Waals surface area contributed by atoms with Crippen LogP contribution in [0.5, 0.6) is 0 Å². The molecule has 0 saturated heterocycles. The van der Waals surface area contributed by atoms with Gasteiger partial charge in [0.2, 0.25) is 0 Å². The van der Waals surface area contributed by atoms with Crippen LogP contribution in [-0.4, -0.2) is 9.97 Å². The number of rotatable bonds is 3. The Balaban J connectivity index is 2.33. The van der Waals surface area contributed by atoms with Gasteiger partial charge in [-0.2, -0.15) is 0 Å². The van der Waals surface area contributed by atoms with Crippen LogP contribution in [0.4, 0.5) is 14.5 Å². The van der Waals surface area contributed by atoms with Crippen molar-refractivity contribution < 1.29 is 8.78 Å². The van der Waals surface area contributed by atoms with Crippen molar-refractivity contribution >= 4 is 17.4 Å². The lowest BCUT2D eigenvalue weighted by Crippen LogP contribution is -1.92. The summed E-state index contributed by atoms with van der Waals surface area (Å²) < 4.78 is 25.5. The lowest BCUT2D eigenvalue weighted by molar-refractivity contribution is 0.148. The second-order valence-corrected chi connectivity index (χ2v) is 4.12. The average Bonchev–Trinajstić information content (AvgIpc) is 2.73. The molecule has 0 unspecified atom stereocenters. The summed E-state index contributed by atoms with van der Waals surface area (Å²) in [6, 6.07) is 4.46. The van der Waals surface area contributed by atoms with Crippen LogP contribution in [0.15, 0.2) is 40.6 Å². The maximum atomic E-state index is 12.7. The first-order valence-corrected chi connectivity index (χ1v) is 5.33. The second kappa shape index (κ2) is 4.52. The van der Waals surface area contributed by atoms with Crippen LogP contribution >= 0.6 is 11.8 Å². The maximum absolute atomic E-state index is 12.7. The summed E-state index contributed by atoms with van der Waals surface area (Å²) >= 11 is 1.16. The van der Waals surface area contributed by atoms with Gasteiger partial charge in [0.1, 0.15) is 0 Å². The van der Waals surface area contributed by atoms with Gasteiger partial charge in [0.15, 0.2) is 5.16 Å². The van der Waals surface area contributed by atoms with Gasteiger partial charge >= 0.3 is 0 Å². The molecule has 0 radical (unpaired) electrons. The number of nitrogens with zero attached hydrogens (tertiary/aromatic N) is 1. The number of aromatic amines is 1. The summed E-state index contributed by atoms with van der Waals surface area (Å²) in [6.45, 7) is 0. The Morgan fingerprint density at radius 3 is 2.81 bits per heavy atom. The fourth-order valence-corrected chi connectivity index (χ4v) is 2.09. The topological polar surface area (TPSA) is 54.7 Å². The molecule has 6 heteroatoms. The lowest BCUT2D eigenvalue weighted by atomic mass is 10.2. The molecule has 0 fully saturated rings. The molecule has 84 valence electrons. The molecule has 3 N–H and O–H groups in total. The first-order chi connectivity index (χ1) is 7.66. The largest absolute Gasteiger partial charge is 0.399 e. The van der Waals surface area contributed by atoms with E-state index in [9.17, 15) is 8.78 Å². The van der Waals surface area contributed by atoms with E-state index in [-0.39, 0.29) is 5.56 Å². The molecule has 0 atom stereocenters. The van der Waals surface area contributed by atoms with Gasteiger partial charge in [-0.15, -0.1) is 0 Å². The van der Waals surface area contributed by atoms with Crippen LogP contribution in [-0.2, 0) is 0 Å². The van der Waals surface area contributed by atoms with Crippen LogP contribution in [0.1, 0.15) is 12.0 Å². The SMILES string of the molecule is Nc1ccc(Sc2ncc[nH]2)c(C(F)F)c1. The van der Waals surface area contributed by atoms with E-state index in [4.69, 9.17) is 5.73 Å². The van der Waals surface area contributed by atoms with Crippen molar-refractivity contribution in [3.05, 3.63) is 36.2 Å². The molecule has 0 saturated carbocycles. The maximum Gasteiger partial charge on any atom is 0.265 e. The van der Waals surface area contributed by atoms with Crippen molar-refractivity contribution in [2.24, 2.45) is 0 Å². The molecule has 16 heavy (non-hydrogen) atoms. The van der Waals surface area contributed by atoms with Gasteiger partial charge in [0, 0.05) is 28.5 Å². The molecule has 3 nitrogen and oxygen atoms in total. The van der Waals surface area contributed by atoms with Gasteiger partial charge in [-0.1, -0.05) is 11.8 Å². The van der Waals surface area contributed by atoms with Crippen molar-refractivity contribution in [1.82, 2.24) is 9.97 Å². The predicted molar refractivity (Wildman–Crippen MR) is 58.5 cm³/mol. The zero-order valence-corrected chi connectivity index (χ0v) is 8.97. The number of hydrogen-bond donors (Lipinski definition) is 2. The number of nitrogens with two attached hydrogens (primary N) is 1. The summed E-state index contributed by atoms with van der Waals surface area (Å²) in [7, 11) is 0. The monoisotopic (exact) mass is 241 g/mol. The Morgan fingerprint density at radius 1 is 1.38 bits per heavy atom. The Kier molecular flexibility index (Phi) is 3.09. The molecule has 2 rings (SSSR count). The van der Waals surface area contributed by atoms with Crippen LogP contribution in [0, 0.1) is 0 Å². The Hall–Kier alpha value is -1.56. The van der Waals surface area contributed by atoms with Crippen LogP contribution < -0.4 is 5.73 Å². The summed E-state index contributed by atoms with van der Waals surface area (Å²) in [5.74, 6) is 0. The van der Waals surface area contributed by atoms with E-state index in [0.717, 1.165) is 11.8 Å².